The van der Waals surface area contributed by atoms with Crippen molar-refractivity contribution in [3.63, 3.8) is 0 Å². The normalized spacial score (nSPS) is 11.4. The van der Waals surface area contributed by atoms with Gasteiger partial charge in [0.2, 0.25) is 5.91 Å². The Morgan fingerprint density at radius 1 is 1.39 bits per heavy atom. The second kappa shape index (κ2) is 7.50. The van der Waals surface area contributed by atoms with E-state index in [1.54, 1.807) is 11.3 Å². The van der Waals surface area contributed by atoms with Crippen LogP contribution < -0.4 is 10.6 Å². The molecule has 0 saturated carbocycles. The van der Waals surface area contributed by atoms with Crippen molar-refractivity contribution in [3.8, 4) is 0 Å². The first-order chi connectivity index (χ1) is 8.53. The van der Waals surface area contributed by atoms with Gasteiger partial charge >= 0.3 is 0 Å². The molecule has 18 heavy (non-hydrogen) atoms. The van der Waals surface area contributed by atoms with Crippen LogP contribution in [0.2, 0.25) is 0 Å². The van der Waals surface area contributed by atoms with E-state index in [9.17, 15) is 13.2 Å². The van der Waals surface area contributed by atoms with E-state index in [1.165, 1.54) is 11.9 Å². The van der Waals surface area contributed by atoms with Crippen LogP contribution in [0.4, 0.5) is 0 Å². The number of carbonyl (C=O) groups is 1. The first-order valence-corrected chi connectivity index (χ1v) is 8.38. The maximum Gasteiger partial charge on any atom is 0.234 e. The lowest BCUT2D eigenvalue weighted by Crippen LogP contribution is -2.32. The smallest absolute Gasteiger partial charge is 0.234 e. The maximum absolute atomic E-state index is 11.5. The van der Waals surface area contributed by atoms with Crippen LogP contribution in [0.15, 0.2) is 17.5 Å². The van der Waals surface area contributed by atoms with E-state index in [-0.39, 0.29) is 5.75 Å². The van der Waals surface area contributed by atoms with Crippen LogP contribution in [-0.2, 0) is 21.1 Å². The molecule has 0 saturated heterocycles. The molecule has 0 atom stereocenters. The van der Waals surface area contributed by atoms with Crippen molar-refractivity contribution in [3.05, 3.63) is 22.4 Å². The molecule has 1 rings (SSSR count). The van der Waals surface area contributed by atoms with Crippen molar-refractivity contribution in [1.29, 1.82) is 0 Å². The number of rotatable bonds is 8. The van der Waals surface area contributed by atoms with Crippen LogP contribution in [0.5, 0.6) is 0 Å². The zero-order valence-electron chi connectivity index (χ0n) is 10.3. The summed E-state index contributed by atoms with van der Waals surface area (Å²) in [6.45, 7) is 1.13. The molecule has 5 nitrogen and oxygen atoms in total. The lowest BCUT2D eigenvalue weighted by atomic mass is 10.3. The summed E-state index contributed by atoms with van der Waals surface area (Å²) in [7, 11) is -1.87. The lowest BCUT2D eigenvalue weighted by Gasteiger charge is -2.05. The molecule has 0 spiro atoms. The summed E-state index contributed by atoms with van der Waals surface area (Å²) in [6, 6.07) is 4.04. The molecule has 0 aliphatic heterocycles. The molecular formula is C11H18N2O3S2. The van der Waals surface area contributed by atoms with Crippen molar-refractivity contribution in [1.82, 2.24) is 10.6 Å². The highest BCUT2D eigenvalue weighted by Gasteiger charge is 2.14. The molecule has 0 unspecified atom stereocenters. The fraction of sp³-hybridized carbons (Fsp3) is 0.545. The van der Waals surface area contributed by atoms with Gasteiger partial charge in [0.1, 0.15) is 5.75 Å². The molecule has 0 radical (unpaired) electrons. The maximum atomic E-state index is 11.5. The molecule has 1 heterocycles. The Hall–Kier alpha value is -0.920. The van der Waals surface area contributed by atoms with Gasteiger partial charge in [0.15, 0.2) is 9.84 Å². The molecule has 2 N–H and O–H groups in total. The molecule has 1 aromatic heterocycles. The molecule has 0 aliphatic rings. The minimum atomic E-state index is -3.30. The van der Waals surface area contributed by atoms with Gasteiger partial charge in [0, 0.05) is 18.5 Å². The quantitative estimate of drug-likeness (QED) is 0.663. The third kappa shape index (κ3) is 6.13. The van der Waals surface area contributed by atoms with Gasteiger partial charge in [-0.1, -0.05) is 6.07 Å². The number of hydrogen-bond donors (Lipinski definition) is 2. The average Bonchev–Trinajstić information content (AvgIpc) is 2.80. The largest absolute Gasteiger partial charge is 0.358 e. The number of sulfone groups is 1. The predicted molar refractivity (Wildman–Crippen MR) is 73.6 cm³/mol. The Bertz CT molecular complexity index is 455. The first kappa shape index (κ1) is 15.1. The predicted octanol–water partition coefficient (Wildman–Crippen LogP) is 0.0410. The Morgan fingerprint density at radius 3 is 2.78 bits per heavy atom. The molecule has 0 aliphatic carbocycles. The van der Waals surface area contributed by atoms with E-state index in [0.29, 0.717) is 6.54 Å². The molecule has 1 aromatic rings. The van der Waals surface area contributed by atoms with Gasteiger partial charge in [0.05, 0.1) is 5.75 Å². The van der Waals surface area contributed by atoms with E-state index in [1.807, 2.05) is 11.4 Å². The topological polar surface area (TPSA) is 75.3 Å². The zero-order valence-corrected chi connectivity index (χ0v) is 11.9. The Morgan fingerprint density at radius 2 is 2.17 bits per heavy atom. The van der Waals surface area contributed by atoms with Crippen LogP contribution in [0, 0.1) is 0 Å². The van der Waals surface area contributed by atoms with Crippen molar-refractivity contribution < 1.29 is 13.2 Å². The van der Waals surface area contributed by atoms with E-state index in [4.69, 9.17) is 0 Å². The van der Waals surface area contributed by atoms with E-state index in [0.717, 1.165) is 13.0 Å². The van der Waals surface area contributed by atoms with Crippen molar-refractivity contribution in [2.75, 3.05) is 31.6 Å². The number of carbonyl (C=O) groups excluding carboxylic acids is 1. The van der Waals surface area contributed by atoms with E-state index < -0.39 is 21.5 Å². The lowest BCUT2D eigenvalue weighted by molar-refractivity contribution is -0.118. The van der Waals surface area contributed by atoms with Crippen LogP contribution >= 0.6 is 11.3 Å². The number of thiophene rings is 1. The second-order valence-electron chi connectivity index (χ2n) is 3.84. The van der Waals surface area contributed by atoms with Crippen LogP contribution in [0.1, 0.15) is 4.88 Å². The highest BCUT2D eigenvalue weighted by molar-refractivity contribution is 7.92. The molecule has 1 amide bonds. The molecule has 0 fully saturated rings. The van der Waals surface area contributed by atoms with Crippen LogP contribution in [-0.4, -0.2) is 46.0 Å². The number of hydrogen-bond acceptors (Lipinski definition) is 5. The third-order valence-corrected chi connectivity index (χ3v) is 4.81. The third-order valence-electron chi connectivity index (χ3n) is 2.35. The van der Waals surface area contributed by atoms with Gasteiger partial charge in [-0.05, 0) is 24.4 Å². The van der Waals surface area contributed by atoms with Crippen LogP contribution in [0.3, 0.4) is 0 Å². The van der Waals surface area contributed by atoms with Crippen molar-refractivity contribution in [2.24, 2.45) is 0 Å². The van der Waals surface area contributed by atoms with Crippen LogP contribution in [0.25, 0.3) is 0 Å². The van der Waals surface area contributed by atoms with Crippen molar-refractivity contribution >= 4 is 27.1 Å². The minimum Gasteiger partial charge on any atom is -0.358 e. The summed E-state index contributed by atoms with van der Waals surface area (Å²) < 4.78 is 23.0. The van der Waals surface area contributed by atoms with Gasteiger partial charge < -0.3 is 10.6 Å². The zero-order chi connectivity index (χ0) is 13.4. The summed E-state index contributed by atoms with van der Waals surface area (Å²) in [5.74, 6) is -0.908. The van der Waals surface area contributed by atoms with Gasteiger partial charge in [0.25, 0.3) is 0 Å². The summed E-state index contributed by atoms with van der Waals surface area (Å²) in [4.78, 5) is 12.2. The van der Waals surface area contributed by atoms with Gasteiger partial charge in [-0.25, -0.2) is 8.42 Å². The van der Waals surface area contributed by atoms with E-state index in [2.05, 4.69) is 16.7 Å². The monoisotopic (exact) mass is 290 g/mol. The summed E-state index contributed by atoms with van der Waals surface area (Å²) in [6.07, 6.45) is 0.896. The fourth-order valence-corrected chi connectivity index (χ4v) is 3.22. The Labute approximate surface area is 112 Å². The Kier molecular flexibility index (Phi) is 6.31. The Balaban J connectivity index is 2.15. The average molecular weight is 290 g/mol. The fourth-order valence-electron chi connectivity index (χ4n) is 1.36. The van der Waals surface area contributed by atoms with Crippen molar-refractivity contribution in [2.45, 2.75) is 6.42 Å². The second-order valence-corrected chi connectivity index (χ2v) is 7.06. The molecule has 102 valence electrons. The number of nitrogens with one attached hydrogen (secondary N) is 2. The highest BCUT2D eigenvalue weighted by atomic mass is 32.2. The van der Waals surface area contributed by atoms with Gasteiger partial charge in [-0.3, -0.25) is 4.79 Å². The number of amides is 1. The molecule has 0 aromatic carbocycles. The summed E-state index contributed by atoms with van der Waals surface area (Å²) >= 11 is 1.69. The highest BCUT2D eigenvalue weighted by Crippen LogP contribution is 2.07. The SMILES string of the molecule is CNC(=O)CS(=O)(=O)CCNCCc1cccs1. The molecular weight excluding hydrogens is 272 g/mol. The first-order valence-electron chi connectivity index (χ1n) is 5.67. The molecule has 0 bridgehead atoms. The van der Waals surface area contributed by atoms with Gasteiger partial charge in [-0.15, -0.1) is 11.3 Å². The summed E-state index contributed by atoms with van der Waals surface area (Å²) in [5, 5.41) is 7.39. The standard InChI is InChI=1S/C11H18N2O3S2/c1-12-11(14)9-18(15,16)8-6-13-5-4-10-3-2-7-17-10/h2-3,7,13H,4-6,8-9H2,1H3,(H,12,14). The van der Waals surface area contributed by atoms with E-state index >= 15 is 0 Å². The molecule has 7 heteroatoms. The summed E-state index contributed by atoms with van der Waals surface area (Å²) in [5.41, 5.74) is 0. The minimum absolute atomic E-state index is 0.00907. The van der Waals surface area contributed by atoms with Gasteiger partial charge in [-0.2, -0.15) is 0 Å².